The topological polar surface area (TPSA) is 0 Å². The second-order valence-corrected chi connectivity index (χ2v) is 0. The molecule has 0 aliphatic heterocycles. The van der Waals surface area contributed by atoms with Crippen LogP contribution in [0.15, 0.2) is 0 Å². The molecular formula is CeCuNiTi. The Bertz CT molecular complexity index is 8.00. The monoisotopic (exact) mass is 309 g/mol. The van der Waals surface area contributed by atoms with Gasteiger partial charge in [-0.15, -0.1) is 0 Å². The van der Waals surface area contributed by atoms with Gasteiger partial charge in [0.05, 0.1) is 0 Å². The third-order valence-corrected chi connectivity index (χ3v) is 0. The normalized spacial score (nSPS) is 0. The smallest absolute Gasteiger partial charge is 0 e. The summed E-state index contributed by atoms with van der Waals surface area (Å²) in [6, 6.07) is 0. The number of hydrogen-bond acceptors (Lipinski definition) is 0. The van der Waals surface area contributed by atoms with E-state index in [0.717, 1.165) is 0 Å². The summed E-state index contributed by atoms with van der Waals surface area (Å²) in [5.74, 6) is 0. The van der Waals surface area contributed by atoms with Crippen molar-refractivity contribution in [2.45, 2.75) is 0 Å². The molecule has 0 bridgehead atoms. The molecule has 0 nitrogen and oxygen atoms in total. The minimum atomic E-state index is 0. The predicted molar refractivity (Wildman–Crippen MR) is 0 cm³/mol. The predicted octanol–water partition coefficient (Wildman–Crippen LogP) is -0.00750. The Kier molecular flexibility index (Phi) is 113. The van der Waals surface area contributed by atoms with Crippen LogP contribution in [0.2, 0.25) is 0 Å². The maximum absolute atomic E-state index is 0. The summed E-state index contributed by atoms with van der Waals surface area (Å²) >= 11 is 0. The van der Waals surface area contributed by atoms with Crippen LogP contribution in [0, 0.1) is 41.7 Å². The molecule has 0 spiro atoms. The van der Waals surface area contributed by atoms with E-state index in [1.54, 1.807) is 0 Å². The first-order valence-electron chi connectivity index (χ1n) is 0. The molecule has 0 aromatic carbocycles. The maximum Gasteiger partial charge on any atom is 0 e. The van der Waals surface area contributed by atoms with E-state index in [-0.39, 0.29) is 97.0 Å². The molecule has 0 aromatic rings. The second-order valence-electron chi connectivity index (χ2n) is 0. The number of rotatable bonds is 0. The Morgan fingerprint density at radius 3 is 1.00 bits per heavy atom. The summed E-state index contributed by atoms with van der Waals surface area (Å²) in [6.45, 7) is 0. The molecule has 29 valence electrons. The van der Waals surface area contributed by atoms with Gasteiger partial charge < -0.3 is 0 Å². The molecular weight excluding hydrogens is 310 g/mol. The Labute approximate surface area is 94.9 Å². The molecule has 0 saturated carbocycles. The van der Waals surface area contributed by atoms with Crippen LogP contribution in [0.25, 0.3) is 0 Å². The Balaban J connectivity index is 0. The van der Waals surface area contributed by atoms with E-state index < -0.39 is 0 Å². The first kappa shape index (κ1) is 27.5. The molecule has 4 heteroatoms. The van der Waals surface area contributed by atoms with Gasteiger partial charge in [0, 0.05) is 97.0 Å². The molecule has 4 heavy (non-hydrogen) atoms. The van der Waals surface area contributed by atoms with Crippen molar-refractivity contribution in [3.8, 4) is 0 Å². The van der Waals surface area contributed by atoms with Crippen LogP contribution < -0.4 is 0 Å². The van der Waals surface area contributed by atoms with Crippen molar-refractivity contribution < 1.29 is 97.0 Å². The van der Waals surface area contributed by atoms with Crippen LogP contribution in [0.3, 0.4) is 0 Å². The summed E-state index contributed by atoms with van der Waals surface area (Å²) in [5, 5.41) is 0. The van der Waals surface area contributed by atoms with Crippen molar-refractivity contribution in [1.82, 2.24) is 0 Å². The van der Waals surface area contributed by atoms with Crippen molar-refractivity contribution in [3.63, 3.8) is 0 Å². The van der Waals surface area contributed by atoms with E-state index in [1.807, 2.05) is 0 Å². The Morgan fingerprint density at radius 2 is 1.00 bits per heavy atom. The molecule has 0 aliphatic rings. The summed E-state index contributed by atoms with van der Waals surface area (Å²) in [5.41, 5.74) is 0. The molecule has 0 amide bonds. The van der Waals surface area contributed by atoms with E-state index in [9.17, 15) is 0 Å². The van der Waals surface area contributed by atoms with Crippen molar-refractivity contribution in [2.75, 3.05) is 0 Å². The molecule has 0 heterocycles. The fourth-order valence-electron chi connectivity index (χ4n) is 0. The van der Waals surface area contributed by atoms with Crippen LogP contribution in [0.4, 0.5) is 0 Å². The number of hydrogen-bond donors (Lipinski definition) is 0. The van der Waals surface area contributed by atoms with Gasteiger partial charge in [0.15, 0.2) is 0 Å². The zero-order valence-electron chi connectivity index (χ0n) is 1.62. The second kappa shape index (κ2) is 16.5. The van der Waals surface area contributed by atoms with Crippen LogP contribution in [0.1, 0.15) is 0 Å². The van der Waals surface area contributed by atoms with Crippen molar-refractivity contribution in [1.29, 1.82) is 0 Å². The van der Waals surface area contributed by atoms with E-state index >= 15 is 0 Å². The van der Waals surface area contributed by atoms with Gasteiger partial charge >= 0.3 is 0 Å². The van der Waals surface area contributed by atoms with Crippen LogP contribution in [0.5, 0.6) is 0 Å². The summed E-state index contributed by atoms with van der Waals surface area (Å²) in [6.07, 6.45) is 0. The fourth-order valence-corrected chi connectivity index (χ4v) is 0. The zero-order valence-corrected chi connectivity index (χ0v) is 8.25. The molecule has 0 aliphatic carbocycles. The van der Waals surface area contributed by atoms with Gasteiger partial charge in [0.25, 0.3) is 0 Å². The Hall–Kier alpha value is 3.10. The molecule has 0 unspecified atom stereocenters. The van der Waals surface area contributed by atoms with E-state index in [4.69, 9.17) is 0 Å². The quantitative estimate of drug-likeness (QED) is 0.552. The molecule has 0 fully saturated rings. The van der Waals surface area contributed by atoms with E-state index in [0.29, 0.717) is 0 Å². The van der Waals surface area contributed by atoms with Crippen molar-refractivity contribution in [3.05, 3.63) is 0 Å². The minimum Gasteiger partial charge on any atom is 0 e. The standard InChI is InChI=1S/Ce.Cu.Ni.Ti. The van der Waals surface area contributed by atoms with Crippen LogP contribution in [-0.4, -0.2) is 0 Å². The summed E-state index contributed by atoms with van der Waals surface area (Å²) < 4.78 is 0. The third kappa shape index (κ3) is 8.92. The first-order chi connectivity index (χ1) is 0. The SMILES string of the molecule is [Ce].[Cu].[Ni].[Ti]. The largest absolute Gasteiger partial charge is 0 e. The van der Waals surface area contributed by atoms with Gasteiger partial charge in [-0.25, -0.2) is 0 Å². The molecule has 0 rings (SSSR count). The molecule has 0 N–H and O–H groups in total. The average Bonchev–Trinajstić information content (AvgIpc) is 0. The van der Waals surface area contributed by atoms with E-state index in [1.165, 1.54) is 0 Å². The summed E-state index contributed by atoms with van der Waals surface area (Å²) in [7, 11) is 0. The fraction of sp³-hybridized carbons (Fsp3) is 0. The first-order valence-corrected chi connectivity index (χ1v) is 0. The van der Waals surface area contributed by atoms with Crippen LogP contribution >= 0.6 is 0 Å². The molecule has 0 saturated heterocycles. The maximum atomic E-state index is 0. The van der Waals surface area contributed by atoms with Crippen molar-refractivity contribution in [2.24, 2.45) is 0 Å². The van der Waals surface area contributed by atoms with Crippen molar-refractivity contribution >= 4 is 0 Å². The summed E-state index contributed by atoms with van der Waals surface area (Å²) in [4.78, 5) is 0. The average molecular weight is 310 g/mol. The van der Waals surface area contributed by atoms with Gasteiger partial charge in [-0.05, 0) is 0 Å². The van der Waals surface area contributed by atoms with E-state index in [2.05, 4.69) is 0 Å². The molecule has 1 radical (unpaired) electrons. The minimum absolute atomic E-state index is 0. The van der Waals surface area contributed by atoms with Gasteiger partial charge in [0.2, 0.25) is 0 Å². The van der Waals surface area contributed by atoms with Gasteiger partial charge in [-0.1, -0.05) is 0 Å². The van der Waals surface area contributed by atoms with Gasteiger partial charge in [0.1, 0.15) is 0 Å². The molecule has 0 atom stereocenters. The van der Waals surface area contributed by atoms with Crippen LogP contribution in [-0.2, 0) is 55.3 Å². The van der Waals surface area contributed by atoms with Gasteiger partial charge in [-0.3, -0.25) is 0 Å². The van der Waals surface area contributed by atoms with Gasteiger partial charge in [-0.2, -0.15) is 0 Å². The molecule has 0 aromatic heterocycles. The third-order valence-electron chi connectivity index (χ3n) is 0. The Morgan fingerprint density at radius 1 is 1.00 bits per heavy atom. The zero-order chi connectivity index (χ0) is 0.